The van der Waals surface area contributed by atoms with Gasteiger partial charge in [0.1, 0.15) is 0 Å². The minimum atomic E-state index is -0.860. The van der Waals surface area contributed by atoms with Gasteiger partial charge in [-0.1, -0.05) is 6.92 Å². The molecule has 2 aromatic rings. The normalized spacial score (nSPS) is 10.9. The van der Waals surface area contributed by atoms with Gasteiger partial charge in [0.15, 0.2) is 5.65 Å². The van der Waals surface area contributed by atoms with E-state index in [1.807, 2.05) is 13.0 Å². The predicted octanol–water partition coefficient (Wildman–Crippen LogP) is 0.852. The van der Waals surface area contributed by atoms with E-state index in [1.54, 1.807) is 10.7 Å². The largest absolute Gasteiger partial charge is 0.481 e. The number of aryl methyl sites for hydroxylation is 1. The van der Waals surface area contributed by atoms with Crippen LogP contribution in [0.2, 0.25) is 0 Å². The number of rotatable bonds is 3. The van der Waals surface area contributed by atoms with Gasteiger partial charge in [0.2, 0.25) is 0 Å². The summed E-state index contributed by atoms with van der Waals surface area (Å²) in [5.41, 5.74) is 2.44. The van der Waals surface area contributed by atoms with Gasteiger partial charge in [-0.2, -0.15) is 0 Å². The molecule has 0 aliphatic rings. The predicted molar refractivity (Wildman–Crippen MR) is 50.3 cm³/mol. The first-order chi connectivity index (χ1) is 6.69. The first kappa shape index (κ1) is 8.80. The van der Waals surface area contributed by atoms with Gasteiger partial charge in [0.05, 0.1) is 18.3 Å². The molecule has 2 rings (SSSR count). The van der Waals surface area contributed by atoms with Crippen molar-refractivity contribution in [2.24, 2.45) is 0 Å². The van der Waals surface area contributed by atoms with E-state index < -0.39 is 5.97 Å². The summed E-state index contributed by atoms with van der Waals surface area (Å²) >= 11 is 0. The van der Waals surface area contributed by atoms with Gasteiger partial charge in [-0.3, -0.25) is 9.89 Å². The highest BCUT2D eigenvalue weighted by Gasteiger charge is 2.07. The SMILES string of the molecule is CCc1cc2nc(CC(=O)O)cn2[nH]1. The summed E-state index contributed by atoms with van der Waals surface area (Å²) in [4.78, 5) is 14.6. The van der Waals surface area contributed by atoms with Crippen LogP contribution in [0.15, 0.2) is 12.3 Å². The summed E-state index contributed by atoms with van der Waals surface area (Å²) in [7, 11) is 0. The number of H-pyrrole nitrogens is 1. The lowest BCUT2D eigenvalue weighted by Gasteiger charge is -1.88. The number of imidazole rings is 1. The average molecular weight is 193 g/mol. The van der Waals surface area contributed by atoms with E-state index in [4.69, 9.17) is 5.11 Å². The Labute approximate surface area is 80.4 Å². The topological polar surface area (TPSA) is 70.4 Å². The summed E-state index contributed by atoms with van der Waals surface area (Å²) in [6.45, 7) is 2.05. The molecule has 0 amide bonds. The van der Waals surface area contributed by atoms with Crippen molar-refractivity contribution in [2.75, 3.05) is 0 Å². The Balaban J connectivity index is 2.34. The second-order valence-corrected chi connectivity index (χ2v) is 3.17. The van der Waals surface area contributed by atoms with Crippen molar-refractivity contribution in [3.8, 4) is 0 Å². The fraction of sp³-hybridized carbons (Fsp3) is 0.333. The third kappa shape index (κ3) is 1.48. The summed E-state index contributed by atoms with van der Waals surface area (Å²) in [5, 5.41) is 11.7. The van der Waals surface area contributed by atoms with Crippen molar-refractivity contribution in [2.45, 2.75) is 19.8 Å². The van der Waals surface area contributed by atoms with Gasteiger partial charge >= 0.3 is 5.97 Å². The Morgan fingerprint density at radius 2 is 2.50 bits per heavy atom. The van der Waals surface area contributed by atoms with E-state index in [1.165, 1.54) is 0 Å². The molecule has 0 fully saturated rings. The van der Waals surface area contributed by atoms with E-state index in [2.05, 4.69) is 10.1 Å². The van der Waals surface area contributed by atoms with E-state index in [0.29, 0.717) is 5.69 Å². The third-order valence-electron chi connectivity index (χ3n) is 2.06. The lowest BCUT2D eigenvalue weighted by Crippen LogP contribution is -1.99. The number of fused-ring (bicyclic) bond motifs is 1. The van der Waals surface area contributed by atoms with E-state index in [9.17, 15) is 4.79 Å². The monoisotopic (exact) mass is 193 g/mol. The standard InChI is InChI=1S/C9H11N3O2/c1-2-6-3-8-10-7(4-9(13)14)5-12(8)11-6/h3,5,11H,2,4H2,1H3,(H,13,14). The summed E-state index contributed by atoms with van der Waals surface area (Å²) in [6.07, 6.45) is 2.59. The average Bonchev–Trinajstić information content (AvgIpc) is 2.59. The number of carboxylic acid groups (broad SMARTS) is 1. The summed E-state index contributed by atoms with van der Waals surface area (Å²) < 4.78 is 1.75. The van der Waals surface area contributed by atoms with Crippen LogP contribution < -0.4 is 0 Å². The molecule has 2 aromatic heterocycles. The van der Waals surface area contributed by atoms with Crippen LogP contribution in [-0.4, -0.2) is 25.7 Å². The molecule has 14 heavy (non-hydrogen) atoms. The maximum absolute atomic E-state index is 10.4. The van der Waals surface area contributed by atoms with Gasteiger partial charge in [-0.05, 0) is 6.42 Å². The van der Waals surface area contributed by atoms with Crippen LogP contribution in [-0.2, 0) is 17.6 Å². The number of nitrogens with one attached hydrogen (secondary N) is 1. The first-order valence-corrected chi connectivity index (χ1v) is 4.46. The number of aromatic nitrogens is 3. The maximum Gasteiger partial charge on any atom is 0.309 e. The molecular weight excluding hydrogens is 182 g/mol. The van der Waals surface area contributed by atoms with Crippen LogP contribution in [0.25, 0.3) is 5.65 Å². The first-order valence-electron chi connectivity index (χ1n) is 4.46. The number of aromatic amines is 1. The van der Waals surface area contributed by atoms with Crippen molar-refractivity contribution in [3.63, 3.8) is 0 Å². The second kappa shape index (κ2) is 3.17. The Hall–Kier alpha value is -1.78. The van der Waals surface area contributed by atoms with Crippen molar-refractivity contribution >= 4 is 11.6 Å². The third-order valence-corrected chi connectivity index (χ3v) is 2.06. The van der Waals surface area contributed by atoms with Gasteiger partial charge in [0, 0.05) is 11.8 Å². The van der Waals surface area contributed by atoms with Crippen LogP contribution >= 0.6 is 0 Å². The Morgan fingerprint density at radius 3 is 3.07 bits per heavy atom. The van der Waals surface area contributed by atoms with E-state index in [-0.39, 0.29) is 6.42 Å². The van der Waals surface area contributed by atoms with Crippen LogP contribution in [0.1, 0.15) is 18.3 Å². The fourth-order valence-corrected chi connectivity index (χ4v) is 1.40. The number of hydrogen-bond acceptors (Lipinski definition) is 2. The highest BCUT2D eigenvalue weighted by molar-refractivity contribution is 5.69. The summed E-state index contributed by atoms with van der Waals surface area (Å²) in [6, 6.07) is 1.92. The molecule has 0 saturated heterocycles. The smallest absolute Gasteiger partial charge is 0.309 e. The minimum Gasteiger partial charge on any atom is -0.481 e. The molecule has 74 valence electrons. The lowest BCUT2D eigenvalue weighted by atomic mass is 10.3. The lowest BCUT2D eigenvalue weighted by molar-refractivity contribution is -0.136. The quantitative estimate of drug-likeness (QED) is 0.759. The molecule has 0 saturated carbocycles. The molecule has 0 aliphatic heterocycles. The highest BCUT2D eigenvalue weighted by atomic mass is 16.4. The minimum absolute atomic E-state index is 0.0308. The van der Waals surface area contributed by atoms with Crippen molar-refractivity contribution in [1.29, 1.82) is 0 Å². The van der Waals surface area contributed by atoms with Gasteiger partial charge in [-0.15, -0.1) is 0 Å². The number of hydrogen-bond donors (Lipinski definition) is 2. The Bertz CT molecular complexity index is 438. The zero-order chi connectivity index (χ0) is 10.1. The number of carbonyl (C=O) groups is 1. The number of nitrogens with zero attached hydrogens (tertiary/aromatic N) is 2. The molecule has 5 nitrogen and oxygen atoms in total. The van der Waals surface area contributed by atoms with Crippen molar-refractivity contribution < 1.29 is 9.90 Å². The summed E-state index contributed by atoms with van der Waals surface area (Å²) in [5.74, 6) is -0.860. The molecule has 0 aromatic carbocycles. The van der Waals surface area contributed by atoms with Crippen molar-refractivity contribution in [3.05, 3.63) is 23.7 Å². The molecule has 0 radical (unpaired) electrons. The van der Waals surface area contributed by atoms with Crippen molar-refractivity contribution in [1.82, 2.24) is 14.6 Å². The zero-order valence-electron chi connectivity index (χ0n) is 7.82. The number of carboxylic acids is 1. The van der Waals surface area contributed by atoms with Crippen LogP contribution in [0.5, 0.6) is 0 Å². The van der Waals surface area contributed by atoms with Gasteiger partial charge in [-0.25, -0.2) is 9.50 Å². The van der Waals surface area contributed by atoms with Crippen LogP contribution in [0.3, 0.4) is 0 Å². The molecule has 5 heteroatoms. The highest BCUT2D eigenvalue weighted by Crippen LogP contribution is 2.08. The molecule has 0 atom stereocenters. The fourth-order valence-electron chi connectivity index (χ4n) is 1.40. The van der Waals surface area contributed by atoms with Crippen LogP contribution in [0.4, 0.5) is 0 Å². The number of aliphatic carboxylic acids is 1. The zero-order valence-corrected chi connectivity index (χ0v) is 7.82. The molecule has 0 aliphatic carbocycles. The van der Waals surface area contributed by atoms with Gasteiger partial charge < -0.3 is 5.11 Å². The maximum atomic E-state index is 10.4. The molecule has 0 spiro atoms. The van der Waals surface area contributed by atoms with E-state index >= 15 is 0 Å². The molecular formula is C9H11N3O2. The Morgan fingerprint density at radius 1 is 1.71 bits per heavy atom. The van der Waals surface area contributed by atoms with Crippen LogP contribution in [0, 0.1) is 0 Å². The second-order valence-electron chi connectivity index (χ2n) is 3.17. The Kier molecular flexibility index (Phi) is 1.99. The molecule has 0 bridgehead atoms. The van der Waals surface area contributed by atoms with E-state index in [0.717, 1.165) is 17.8 Å². The molecule has 0 unspecified atom stereocenters. The molecule has 2 heterocycles. The van der Waals surface area contributed by atoms with Gasteiger partial charge in [0.25, 0.3) is 0 Å². The molecule has 2 N–H and O–H groups in total.